The van der Waals surface area contributed by atoms with Crippen molar-refractivity contribution in [1.29, 1.82) is 0 Å². The van der Waals surface area contributed by atoms with E-state index >= 15 is 0 Å². The molecule has 0 bridgehead atoms. The number of hydrogen-bond donors (Lipinski definition) is 1. The summed E-state index contributed by atoms with van der Waals surface area (Å²) in [5, 5.41) is 0. The molecule has 0 saturated carbocycles. The van der Waals surface area contributed by atoms with Crippen LogP contribution in [-0.4, -0.2) is 10.7 Å². The maximum atomic E-state index is 4.24. The van der Waals surface area contributed by atoms with Crippen molar-refractivity contribution in [3.63, 3.8) is 0 Å². The molecule has 64 valence electrons. The Morgan fingerprint density at radius 3 is 2.92 bits per heavy atom. The fourth-order valence-corrected chi connectivity index (χ4v) is 1.01. The summed E-state index contributed by atoms with van der Waals surface area (Å²) in [7, 11) is 0. The SMILES string of the molecule is Cc1ccc(C=CCCS)nc1. The summed E-state index contributed by atoms with van der Waals surface area (Å²) < 4.78 is 0. The average Bonchev–Trinajstić information content (AvgIpc) is 2.09. The second kappa shape index (κ2) is 4.99. The second-order valence-electron chi connectivity index (χ2n) is 2.68. The molecular weight excluding hydrogens is 166 g/mol. The zero-order valence-corrected chi connectivity index (χ0v) is 8.09. The highest BCUT2D eigenvalue weighted by Crippen LogP contribution is 2.01. The van der Waals surface area contributed by atoms with Crippen LogP contribution < -0.4 is 0 Å². The first-order valence-corrected chi connectivity index (χ1v) is 4.66. The molecule has 0 aliphatic carbocycles. The van der Waals surface area contributed by atoms with E-state index in [2.05, 4.69) is 29.8 Å². The summed E-state index contributed by atoms with van der Waals surface area (Å²) in [6.07, 6.45) is 6.99. The molecule has 1 rings (SSSR count). The highest BCUT2D eigenvalue weighted by atomic mass is 32.1. The number of aryl methyl sites for hydroxylation is 1. The van der Waals surface area contributed by atoms with E-state index in [1.165, 1.54) is 5.56 Å². The summed E-state index contributed by atoms with van der Waals surface area (Å²) >= 11 is 4.11. The molecule has 0 spiro atoms. The molecule has 1 aromatic rings. The van der Waals surface area contributed by atoms with Crippen LogP contribution in [0.25, 0.3) is 6.08 Å². The average molecular weight is 179 g/mol. The Labute approximate surface area is 78.9 Å². The van der Waals surface area contributed by atoms with Gasteiger partial charge in [-0.1, -0.05) is 12.1 Å². The van der Waals surface area contributed by atoms with E-state index in [0.29, 0.717) is 0 Å². The predicted molar refractivity (Wildman–Crippen MR) is 56.5 cm³/mol. The fourth-order valence-electron chi connectivity index (χ4n) is 0.856. The van der Waals surface area contributed by atoms with Gasteiger partial charge in [0.2, 0.25) is 0 Å². The molecule has 1 aromatic heterocycles. The Morgan fingerprint density at radius 1 is 1.50 bits per heavy atom. The number of aromatic nitrogens is 1. The molecule has 0 atom stereocenters. The quantitative estimate of drug-likeness (QED) is 0.704. The van der Waals surface area contributed by atoms with Crippen LogP contribution in [0.3, 0.4) is 0 Å². The second-order valence-corrected chi connectivity index (χ2v) is 3.12. The van der Waals surface area contributed by atoms with Crippen molar-refractivity contribution >= 4 is 18.7 Å². The van der Waals surface area contributed by atoms with Crippen LogP contribution in [0.2, 0.25) is 0 Å². The highest BCUT2D eigenvalue weighted by Gasteiger charge is 1.86. The monoisotopic (exact) mass is 179 g/mol. The molecule has 12 heavy (non-hydrogen) atoms. The molecule has 0 aliphatic rings. The Bertz CT molecular complexity index is 251. The Balaban J connectivity index is 2.58. The van der Waals surface area contributed by atoms with Crippen molar-refractivity contribution in [3.8, 4) is 0 Å². The lowest BCUT2D eigenvalue weighted by Gasteiger charge is -1.92. The van der Waals surface area contributed by atoms with Gasteiger partial charge >= 0.3 is 0 Å². The van der Waals surface area contributed by atoms with Gasteiger partial charge in [-0.3, -0.25) is 4.98 Å². The van der Waals surface area contributed by atoms with Gasteiger partial charge in [0.05, 0.1) is 5.69 Å². The smallest absolute Gasteiger partial charge is 0.0626 e. The summed E-state index contributed by atoms with van der Waals surface area (Å²) in [4.78, 5) is 4.24. The number of pyridine rings is 1. The predicted octanol–water partition coefficient (Wildman–Crippen LogP) is 2.72. The zero-order chi connectivity index (χ0) is 8.81. The van der Waals surface area contributed by atoms with Crippen molar-refractivity contribution in [3.05, 3.63) is 35.7 Å². The van der Waals surface area contributed by atoms with Crippen molar-refractivity contribution in [1.82, 2.24) is 4.98 Å². The van der Waals surface area contributed by atoms with E-state index in [1.54, 1.807) is 0 Å². The Kier molecular flexibility index (Phi) is 3.88. The van der Waals surface area contributed by atoms with Gasteiger partial charge in [-0.15, -0.1) is 0 Å². The van der Waals surface area contributed by atoms with Gasteiger partial charge < -0.3 is 0 Å². The van der Waals surface area contributed by atoms with E-state index in [1.807, 2.05) is 25.3 Å². The number of rotatable bonds is 3. The van der Waals surface area contributed by atoms with E-state index < -0.39 is 0 Å². The largest absolute Gasteiger partial charge is 0.257 e. The normalized spacial score (nSPS) is 10.8. The molecule has 0 saturated heterocycles. The van der Waals surface area contributed by atoms with Crippen LogP contribution in [0.1, 0.15) is 17.7 Å². The molecule has 0 radical (unpaired) electrons. The molecule has 0 aliphatic heterocycles. The first-order chi connectivity index (χ1) is 5.83. The van der Waals surface area contributed by atoms with Crippen molar-refractivity contribution in [2.24, 2.45) is 0 Å². The lowest BCUT2D eigenvalue weighted by Crippen LogP contribution is -1.80. The minimum absolute atomic E-state index is 0.891. The topological polar surface area (TPSA) is 12.9 Å². The van der Waals surface area contributed by atoms with Crippen molar-refractivity contribution < 1.29 is 0 Å². The van der Waals surface area contributed by atoms with Gasteiger partial charge in [0.25, 0.3) is 0 Å². The molecular formula is C10H13NS. The maximum Gasteiger partial charge on any atom is 0.0626 e. The standard InChI is InChI=1S/C10H13NS/c1-9-5-6-10(11-8-9)4-2-3-7-12/h2,4-6,8,12H,3,7H2,1H3. The summed E-state index contributed by atoms with van der Waals surface area (Å²) in [6, 6.07) is 4.08. The van der Waals surface area contributed by atoms with Crippen LogP contribution in [0, 0.1) is 6.92 Å². The number of allylic oxidation sites excluding steroid dienone is 1. The summed E-state index contributed by atoms with van der Waals surface area (Å²) in [5.41, 5.74) is 2.21. The van der Waals surface area contributed by atoms with Gasteiger partial charge in [-0.05, 0) is 36.8 Å². The fraction of sp³-hybridized carbons (Fsp3) is 0.300. The van der Waals surface area contributed by atoms with Crippen LogP contribution in [0.5, 0.6) is 0 Å². The summed E-state index contributed by atoms with van der Waals surface area (Å²) in [6.45, 7) is 2.04. The third kappa shape index (κ3) is 3.09. The third-order valence-electron chi connectivity index (χ3n) is 1.52. The molecule has 0 fully saturated rings. The Morgan fingerprint density at radius 2 is 2.33 bits per heavy atom. The molecule has 0 unspecified atom stereocenters. The number of hydrogen-bond acceptors (Lipinski definition) is 2. The van der Waals surface area contributed by atoms with Crippen LogP contribution >= 0.6 is 12.6 Å². The summed E-state index contributed by atoms with van der Waals surface area (Å²) in [5.74, 6) is 0.891. The van der Waals surface area contributed by atoms with Crippen molar-refractivity contribution in [2.75, 3.05) is 5.75 Å². The molecule has 0 aromatic carbocycles. The number of thiol groups is 1. The molecule has 1 nitrogen and oxygen atoms in total. The minimum atomic E-state index is 0.891. The van der Waals surface area contributed by atoms with Gasteiger partial charge in [-0.25, -0.2) is 0 Å². The van der Waals surface area contributed by atoms with Gasteiger partial charge in [0.1, 0.15) is 0 Å². The van der Waals surface area contributed by atoms with Gasteiger partial charge in [0.15, 0.2) is 0 Å². The minimum Gasteiger partial charge on any atom is -0.257 e. The third-order valence-corrected chi connectivity index (χ3v) is 1.78. The van der Waals surface area contributed by atoms with Crippen LogP contribution in [0.15, 0.2) is 24.4 Å². The molecule has 2 heteroatoms. The van der Waals surface area contributed by atoms with Crippen LogP contribution in [0.4, 0.5) is 0 Å². The van der Waals surface area contributed by atoms with E-state index in [9.17, 15) is 0 Å². The van der Waals surface area contributed by atoms with E-state index in [-0.39, 0.29) is 0 Å². The van der Waals surface area contributed by atoms with Gasteiger partial charge in [-0.2, -0.15) is 12.6 Å². The first-order valence-electron chi connectivity index (χ1n) is 4.03. The lowest BCUT2D eigenvalue weighted by atomic mass is 10.2. The first kappa shape index (κ1) is 9.33. The molecule has 0 N–H and O–H groups in total. The highest BCUT2D eigenvalue weighted by molar-refractivity contribution is 7.80. The lowest BCUT2D eigenvalue weighted by molar-refractivity contribution is 1.22. The molecule has 1 heterocycles. The Hall–Kier alpha value is -0.760. The van der Waals surface area contributed by atoms with E-state index in [0.717, 1.165) is 17.9 Å². The van der Waals surface area contributed by atoms with Gasteiger partial charge in [0, 0.05) is 6.20 Å². The van der Waals surface area contributed by atoms with Crippen LogP contribution in [-0.2, 0) is 0 Å². The van der Waals surface area contributed by atoms with Crippen molar-refractivity contribution in [2.45, 2.75) is 13.3 Å². The number of nitrogens with zero attached hydrogens (tertiary/aromatic N) is 1. The molecule has 0 amide bonds. The maximum absolute atomic E-state index is 4.24. The van der Waals surface area contributed by atoms with E-state index in [4.69, 9.17) is 0 Å². The zero-order valence-electron chi connectivity index (χ0n) is 7.20.